The maximum absolute atomic E-state index is 13.4. The van der Waals surface area contributed by atoms with Crippen LogP contribution in [-0.2, 0) is 0 Å². The molecule has 0 spiro atoms. The topological polar surface area (TPSA) is 58.4 Å². The molecule has 0 aromatic carbocycles. The molecule has 1 rings (SSSR count). The Morgan fingerprint density at radius 3 is 2.86 bits per heavy atom. The van der Waals surface area contributed by atoms with Crippen LogP contribution in [0.2, 0.25) is 0 Å². The summed E-state index contributed by atoms with van der Waals surface area (Å²) in [5, 5.41) is 8.78. The van der Waals surface area contributed by atoms with Gasteiger partial charge in [-0.15, -0.1) is 0 Å². The van der Waals surface area contributed by atoms with Crippen LogP contribution < -0.4 is 0 Å². The molecule has 0 saturated heterocycles. The molecule has 0 saturated carbocycles. The summed E-state index contributed by atoms with van der Waals surface area (Å²) in [7, 11) is 0. The molecule has 0 aliphatic rings. The first-order valence-corrected chi connectivity index (χ1v) is 3.98. The standard InChI is InChI=1S/C8H7ClFN3O/c1-4-6(5(10)7(9)11-2)12-3-13-8(4)14/h3H,2H2,1H3,(H,12,13,14)/b7-5+. The molecule has 0 fully saturated rings. The van der Waals surface area contributed by atoms with Crippen molar-refractivity contribution in [3.05, 3.63) is 22.7 Å². The highest BCUT2D eigenvalue weighted by atomic mass is 35.5. The Morgan fingerprint density at radius 2 is 2.29 bits per heavy atom. The van der Waals surface area contributed by atoms with E-state index in [2.05, 4.69) is 21.7 Å². The highest BCUT2D eigenvalue weighted by molar-refractivity contribution is 6.32. The van der Waals surface area contributed by atoms with Crippen LogP contribution in [0.1, 0.15) is 11.3 Å². The lowest BCUT2D eigenvalue weighted by Gasteiger charge is -2.02. The summed E-state index contributed by atoms with van der Waals surface area (Å²) in [6.45, 7) is 4.54. The van der Waals surface area contributed by atoms with Gasteiger partial charge in [0, 0.05) is 5.56 Å². The zero-order valence-corrected chi connectivity index (χ0v) is 8.09. The Labute approximate surface area is 84.8 Å². The zero-order valence-electron chi connectivity index (χ0n) is 7.33. The van der Waals surface area contributed by atoms with Crippen LogP contribution in [0, 0.1) is 6.92 Å². The van der Waals surface area contributed by atoms with Crippen LogP contribution in [0.3, 0.4) is 0 Å². The molecular weight excluding hydrogens is 209 g/mol. The third kappa shape index (κ3) is 1.88. The van der Waals surface area contributed by atoms with Crippen molar-refractivity contribution in [2.75, 3.05) is 0 Å². The van der Waals surface area contributed by atoms with Crippen LogP contribution in [0.5, 0.6) is 5.88 Å². The van der Waals surface area contributed by atoms with E-state index in [1.54, 1.807) is 0 Å². The minimum absolute atomic E-state index is 0.0881. The van der Waals surface area contributed by atoms with E-state index in [-0.39, 0.29) is 17.1 Å². The van der Waals surface area contributed by atoms with E-state index in [4.69, 9.17) is 11.6 Å². The molecule has 0 amide bonds. The minimum Gasteiger partial charge on any atom is -0.493 e. The van der Waals surface area contributed by atoms with Crippen molar-refractivity contribution in [1.82, 2.24) is 9.97 Å². The first-order valence-electron chi connectivity index (χ1n) is 3.61. The summed E-state index contributed by atoms with van der Waals surface area (Å²) < 4.78 is 13.4. The lowest BCUT2D eigenvalue weighted by atomic mass is 10.2. The maximum Gasteiger partial charge on any atom is 0.217 e. The number of hydrogen-bond acceptors (Lipinski definition) is 4. The molecule has 0 aliphatic carbocycles. The molecular formula is C8H7ClFN3O. The fourth-order valence-corrected chi connectivity index (χ4v) is 0.919. The van der Waals surface area contributed by atoms with Gasteiger partial charge in [0.25, 0.3) is 0 Å². The van der Waals surface area contributed by atoms with Gasteiger partial charge in [0.2, 0.25) is 5.88 Å². The van der Waals surface area contributed by atoms with Gasteiger partial charge in [-0.2, -0.15) is 0 Å². The minimum atomic E-state index is -0.836. The molecule has 1 N–H and O–H groups in total. The monoisotopic (exact) mass is 215 g/mol. The van der Waals surface area contributed by atoms with Gasteiger partial charge in [-0.3, -0.25) is 0 Å². The van der Waals surface area contributed by atoms with E-state index < -0.39 is 11.0 Å². The molecule has 0 aliphatic heterocycles. The number of aromatic hydroxyl groups is 1. The Bertz CT molecular complexity index is 406. The highest BCUT2D eigenvalue weighted by Gasteiger charge is 2.13. The Hall–Kier alpha value is -1.49. The van der Waals surface area contributed by atoms with Crippen molar-refractivity contribution in [2.45, 2.75) is 6.92 Å². The quantitative estimate of drug-likeness (QED) is 0.607. The molecule has 1 heterocycles. The van der Waals surface area contributed by atoms with E-state index in [9.17, 15) is 9.50 Å². The molecule has 0 unspecified atom stereocenters. The SMILES string of the molecule is C=N/C(Cl)=C(/F)c1ncnc(O)c1C. The van der Waals surface area contributed by atoms with Crippen molar-refractivity contribution in [2.24, 2.45) is 4.99 Å². The van der Waals surface area contributed by atoms with Gasteiger partial charge in [-0.25, -0.2) is 19.4 Å². The van der Waals surface area contributed by atoms with Crippen LogP contribution in [0.4, 0.5) is 4.39 Å². The summed E-state index contributed by atoms with van der Waals surface area (Å²) >= 11 is 5.41. The predicted molar refractivity (Wildman–Crippen MR) is 51.9 cm³/mol. The summed E-state index contributed by atoms with van der Waals surface area (Å²) in [5.41, 5.74) is 0.113. The van der Waals surface area contributed by atoms with Crippen LogP contribution in [-0.4, -0.2) is 21.8 Å². The molecule has 4 nitrogen and oxygen atoms in total. The predicted octanol–water partition coefficient (Wildman–Crippen LogP) is 2.03. The number of aromatic nitrogens is 2. The van der Waals surface area contributed by atoms with Crippen molar-refractivity contribution >= 4 is 24.1 Å². The summed E-state index contributed by atoms with van der Waals surface area (Å²) in [6, 6.07) is 0. The number of nitrogens with zero attached hydrogens (tertiary/aromatic N) is 3. The van der Waals surface area contributed by atoms with Gasteiger partial charge in [0.1, 0.15) is 12.0 Å². The summed E-state index contributed by atoms with van der Waals surface area (Å²) in [5.74, 6) is -1.13. The van der Waals surface area contributed by atoms with Crippen LogP contribution in [0.25, 0.3) is 5.83 Å². The number of halogens is 2. The molecule has 0 radical (unpaired) electrons. The number of rotatable bonds is 2. The molecule has 0 atom stereocenters. The third-order valence-electron chi connectivity index (χ3n) is 1.59. The van der Waals surface area contributed by atoms with Gasteiger partial charge in [0.05, 0.1) is 0 Å². The lowest BCUT2D eigenvalue weighted by molar-refractivity contribution is 0.446. The first kappa shape index (κ1) is 10.6. The van der Waals surface area contributed by atoms with Crippen molar-refractivity contribution < 1.29 is 9.50 Å². The van der Waals surface area contributed by atoms with Gasteiger partial charge in [-0.05, 0) is 13.6 Å². The van der Waals surface area contributed by atoms with E-state index in [1.165, 1.54) is 6.92 Å². The van der Waals surface area contributed by atoms with E-state index in [0.717, 1.165) is 6.33 Å². The van der Waals surface area contributed by atoms with Crippen molar-refractivity contribution in [1.29, 1.82) is 0 Å². The second-order valence-electron chi connectivity index (χ2n) is 2.43. The molecule has 1 aromatic heterocycles. The fourth-order valence-electron chi connectivity index (χ4n) is 0.829. The maximum atomic E-state index is 13.4. The van der Waals surface area contributed by atoms with Crippen LogP contribution in [0.15, 0.2) is 16.5 Å². The fraction of sp³-hybridized carbons (Fsp3) is 0.125. The van der Waals surface area contributed by atoms with Crippen molar-refractivity contribution in [3.63, 3.8) is 0 Å². The lowest BCUT2D eigenvalue weighted by Crippen LogP contribution is -1.93. The molecule has 74 valence electrons. The number of hydrogen-bond donors (Lipinski definition) is 1. The van der Waals surface area contributed by atoms with Crippen molar-refractivity contribution in [3.8, 4) is 5.88 Å². The van der Waals surface area contributed by atoms with E-state index in [0.29, 0.717) is 0 Å². The average molecular weight is 216 g/mol. The van der Waals surface area contributed by atoms with E-state index in [1.807, 2.05) is 0 Å². The van der Waals surface area contributed by atoms with Gasteiger partial charge in [0.15, 0.2) is 11.0 Å². The number of aliphatic imine (C=N–C) groups is 1. The average Bonchev–Trinajstić information content (AvgIpc) is 2.20. The van der Waals surface area contributed by atoms with Crippen LogP contribution >= 0.6 is 11.6 Å². The Balaban J connectivity index is 3.34. The largest absolute Gasteiger partial charge is 0.493 e. The normalized spacial score (nSPS) is 12.2. The molecule has 14 heavy (non-hydrogen) atoms. The first-order chi connectivity index (χ1) is 6.57. The second kappa shape index (κ2) is 4.15. The zero-order chi connectivity index (χ0) is 10.7. The molecule has 0 bridgehead atoms. The second-order valence-corrected chi connectivity index (χ2v) is 2.79. The van der Waals surface area contributed by atoms with Gasteiger partial charge >= 0.3 is 0 Å². The third-order valence-corrected chi connectivity index (χ3v) is 1.87. The van der Waals surface area contributed by atoms with E-state index >= 15 is 0 Å². The Kier molecular flexibility index (Phi) is 3.14. The molecule has 6 heteroatoms. The summed E-state index contributed by atoms with van der Waals surface area (Å²) in [6.07, 6.45) is 1.03. The summed E-state index contributed by atoms with van der Waals surface area (Å²) in [4.78, 5) is 10.3. The van der Waals surface area contributed by atoms with Gasteiger partial charge < -0.3 is 5.11 Å². The van der Waals surface area contributed by atoms with Gasteiger partial charge in [-0.1, -0.05) is 11.6 Å². The highest BCUT2D eigenvalue weighted by Crippen LogP contribution is 2.26. The Morgan fingerprint density at radius 1 is 1.64 bits per heavy atom. The molecule has 1 aromatic rings. The smallest absolute Gasteiger partial charge is 0.217 e.